The van der Waals surface area contributed by atoms with Gasteiger partial charge in [-0.3, -0.25) is 4.79 Å². The van der Waals surface area contributed by atoms with Crippen LogP contribution in [-0.4, -0.2) is 10.8 Å². The number of carbonyl (C=O) groups excluding carboxylic acids is 1. The van der Waals surface area contributed by atoms with Gasteiger partial charge in [-0.2, -0.15) is 5.26 Å². The molecule has 0 aliphatic rings. The average molecular weight is 306 g/mol. The number of thiophene rings is 1. The zero-order chi connectivity index (χ0) is 15.5. The Labute approximate surface area is 132 Å². The van der Waals surface area contributed by atoms with E-state index in [0.29, 0.717) is 5.56 Å². The zero-order valence-electron chi connectivity index (χ0n) is 12.1. The summed E-state index contributed by atoms with van der Waals surface area (Å²) in [6.07, 6.45) is 4.24. The number of para-hydroxylation sites is 1. The van der Waals surface area contributed by atoms with Crippen molar-refractivity contribution in [3.8, 4) is 6.07 Å². The van der Waals surface area contributed by atoms with E-state index in [4.69, 9.17) is 0 Å². The smallest absolute Gasteiger partial charge is 0.205 e. The molecular formula is C18H14N2OS. The van der Waals surface area contributed by atoms with Crippen LogP contribution in [0.4, 0.5) is 0 Å². The molecule has 108 valence electrons. The van der Waals surface area contributed by atoms with Crippen LogP contribution in [0.3, 0.4) is 0 Å². The highest BCUT2D eigenvalue weighted by Gasteiger charge is 2.17. The summed E-state index contributed by atoms with van der Waals surface area (Å²) in [6, 6.07) is 11.7. The molecule has 0 saturated heterocycles. The molecule has 0 saturated carbocycles. The number of Topliss-reactive ketones (excluding diaryl/α,β-unsaturated/α-hetero) is 1. The molecule has 0 unspecified atom stereocenters. The minimum atomic E-state index is -0.240. The molecule has 0 fully saturated rings. The van der Waals surface area contributed by atoms with Crippen molar-refractivity contribution in [3.63, 3.8) is 0 Å². The van der Waals surface area contributed by atoms with Crippen LogP contribution < -0.4 is 0 Å². The molecule has 1 aromatic carbocycles. The maximum Gasteiger partial charge on any atom is 0.205 e. The molecule has 1 N–H and O–H groups in total. The summed E-state index contributed by atoms with van der Waals surface area (Å²) in [6.45, 7) is 2.08. The predicted octanol–water partition coefficient (Wildman–Crippen LogP) is 4.58. The third-order valence-corrected chi connectivity index (χ3v) is 4.44. The second-order valence-electron chi connectivity index (χ2n) is 4.91. The Hall–Kier alpha value is -2.64. The van der Waals surface area contributed by atoms with Gasteiger partial charge in [-0.1, -0.05) is 31.2 Å². The number of hydrogen-bond donors (Lipinski definition) is 1. The lowest BCUT2D eigenvalue weighted by molar-refractivity contribution is 0.104. The first kappa shape index (κ1) is 14.3. The van der Waals surface area contributed by atoms with Crippen LogP contribution in [0.1, 0.15) is 27.7 Å². The molecule has 3 nitrogen and oxygen atoms in total. The number of aromatic amines is 1. The van der Waals surface area contributed by atoms with Gasteiger partial charge >= 0.3 is 0 Å². The van der Waals surface area contributed by atoms with E-state index in [1.54, 1.807) is 12.3 Å². The number of ketones is 1. The van der Waals surface area contributed by atoms with Gasteiger partial charge in [-0.25, -0.2) is 0 Å². The van der Waals surface area contributed by atoms with E-state index in [2.05, 4.69) is 11.9 Å². The molecule has 0 spiro atoms. The van der Waals surface area contributed by atoms with Crippen molar-refractivity contribution in [2.45, 2.75) is 13.3 Å². The lowest BCUT2D eigenvalue weighted by Gasteiger charge is -2.00. The number of hydrogen-bond acceptors (Lipinski definition) is 3. The van der Waals surface area contributed by atoms with Gasteiger partial charge in [0.15, 0.2) is 0 Å². The quantitative estimate of drug-likeness (QED) is 0.435. The van der Waals surface area contributed by atoms with Gasteiger partial charge in [0, 0.05) is 27.5 Å². The summed E-state index contributed by atoms with van der Waals surface area (Å²) < 4.78 is 0. The Balaban J connectivity index is 2.07. The van der Waals surface area contributed by atoms with Crippen LogP contribution in [-0.2, 0) is 6.42 Å². The Kier molecular flexibility index (Phi) is 3.90. The molecule has 3 aromatic rings. The maximum atomic E-state index is 12.7. The lowest BCUT2D eigenvalue weighted by Crippen LogP contribution is -2.00. The monoisotopic (exact) mass is 306 g/mol. The third kappa shape index (κ3) is 2.47. The first-order valence-corrected chi connectivity index (χ1v) is 7.91. The molecule has 0 aliphatic heterocycles. The number of nitrogens with one attached hydrogen (secondary N) is 1. The highest BCUT2D eigenvalue weighted by Crippen LogP contribution is 2.25. The number of nitrogens with zero attached hydrogens (tertiary/aromatic N) is 1. The maximum absolute atomic E-state index is 12.7. The normalized spacial score (nSPS) is 11.5. The second kappa shape index (κ2) is 6.00. The van der Waals surface area contributed by atoms with Gasteiger partial charge in [0.05, 0.1) is 0 Å². The van der Waals surface area contributed by atoms with Crippen molar-refractivity contribution in [2.75, 3.05) is 0 Å². The summed E-state index contributed by atoms with van der Waals surface area (Å²) in [7, 11) is 0. The lowest BCUT2D eigenvalue weighted by atomic mass is 10.0. The second-order valence-corrected chi connectivity index (χ2v) is 5.89. The van der Waals surface area contributed by atoms with Crippen molar-refractivity contribution in [3.05, 3.63) is 63.5 Å². The van der Waals surface area contributed by atoms with Gasteiger partial charge in [-0.15, -0.1) is 11.3 Å². The van der Waals surface area contributed by atoms with Crippen LogP contribution in [0.15, 0.2) is 47.5 Å². The van der Waals surface area contributed by atoms with Crippen molar-refractivity contribution < 1.29 is 4.79 Å². The fraction of sp³-hybridized carbons (Fsp3) is 0.111. The largest absolute Gasteiger partial charge is 0.360 e. The van der Waals surface area contributed by atoms with E-state index in [-0.39, 0.29) is 11.4 Å². The topological polar surface area (TPSA) is 56.6 Å². The minimum absolute atomic E-state index is 0.158. The summed E-state index contributed by atoms with van der Waals surface area (Å²) in [5.41, 5.74) is 2.85. The molecule has 0 atom stereocenters. The van der Waals surface area contributed by atoms with E-state index in [0.717, 1.165) is 27.8 Å². The molecule has 2 aromatic heterocycles. The standard InChI is InChI=1S/C18H14N2OS/c1-2-12-5-3-7-15-16(11-20-17(12)15)18(21)13(10-19)9-14-6-4-8-22-14/h3-9,11,20H,2H2,1H3/b13-9+. The van der Waals surface area contributed by atoms with Crippen molar-refractivity contribution in [1.29, 1.82) is 5.26 Å². The van der Waals surface area contributed by atoms with Gasteiger partial charge in [0.2, 0.25) is 5.78 Å². The molecule has 0 aliphatic carbocycles. The molecule has 0 radical (unpaired) electrons. The van der Waals surface area contributed by atoms with Crippen molar-refractivity contribution >= 4 is 34.1 Å². The number of benzene rings is 1. The van der Waals surface area contributed by atoms with Gasteiger partial charge in [-0.05, 0) is 29.5 Å². The van der Waals surface area contributed by atoms with E-state index < -0.39 is 0 Å². The molecule has 22 heavy (non-hydrogen) atoms. The molecule has 0 amide bonds. The molecule has 4 heteroatoms. The minimum Gasteiger partial charge on any atom is -0.360 e. The van der Waals surface area contributed by atoms with Gasteiger partial charge < -0.3 is 4.98 Å². The average Bonchev–Trinajstić information content (AvgIpc) is 3.20. The van der Waals surface area contributed by atoms with E-state index >= 15 is 0 Å². The fourth-order valence-corrected chi connectivity index (χ4v) is 3.17. The van der Waals surface area contributed by atoms with Crippen LogP contribution in [0, 0.1) is 11.3 Å². The molecule has 0 bridgehead atoms. The van der Waals surface area contributed by atoms with Crippen LogP contribution in [0.2, 0.25) is 0 Å². The number of fused-ring (bicyclic) bond motifs is 1. The van der Waals surface area contributed by atoms with Crippen molar-refractivity contribution in [2.24, 2.45) is 0 Å². The van der Waals surface area contributed by atoms with E-state index in [1.165, 1.54) is 11.3 Å². The van der Waals surface area contributed by atoms with Crippen LogP contribution in [0.5, 0.6) is 0 Å². The molecule has 3 rings (SSSR count). The summed E-state index contributed by atoms with van der Waals surface area (Å²) >= 11 is 1.50. The SMILES string of the molecule is CCc1cccc2c(C(=O)/C(C#N)=C/c3cccs3)c[nH]c12. The fourth-order valence-electron chi connectivity index (χ4n) is 2.51. The number of nitriles is 1. The van der Waals surface area contributed by atoms with Crippen LogP contribution >= 0.6 is 11.3 Å². The Bertz CT molecular complexity index is 895. The predicted molar refractivity (Wildman–Crippen MR) is 89.9 cm³/mol. The first-order chi connectivity index (χ1) is 10.7. The van der Waals surface area contributed by atoms with E-state index in [9.17, 15) is 10.1 Å². The zero-order valence-corrected chi connectivity index (χ0v) is 12.9. The summed E-state index contributed by atoms with van der Waals surface area (Å²) in [4.78, 5) is 16.7. The number of carbonyl (C=O) groups is 1. The van der Waals surface area contributed by atoms with Gasteiger partial charge in [0.1, 0.15) is 11.6 Å². The first-order valence-electron chi connectivity index (χ1n) is 7.03. The van der Waals surface area contributed by atoms with Crippen molar-refractivity contribution in [1.82, 2.24) is 4.98 Å². The third-order valence-electron chi connectivity index (χ3n) is 3.62. The van der Waals surface area contributed by atoms with Gasteiger partial charge in [0.25, 0.3) is 0 Å². The number of rotatable bonds is 4. The number of aryl methyl sites for hydroxylation is 1. The highest BCUT2D eigenvalue weighted by atomic mass is 32.1. The van der Waals surface area contributed by atoms with Crippen LogP contribution in [0.25, 0.3) is 17.0 Å². The van der Waals surface area contributed by atoms with E-state index in [1.807, 2.05) is 41.8 Å². The molecular weight excluding hydrogens is 292 g/mol. The highest BCUT2D eigenvalue weighted by molar-refractivity contribution is 7.10. The Morgan fingerprint density at radius 1 is 1.36 bits per heavy atom. The Morgan fingerprint density at radius 3 is 2.91 bits per heavy atom. The number of H-pyrrole nitrogens is 1. The number of aromatic nitrogens is 1. The molecule has 2 heterocycles. The number of allylic oxidation sites excluding steroid dienone is 1. The Morgan fingerprint density at radius 2 is 2.23 bits per heavy atom. The summed E-state index contributed by atoms with van der Waals surface area (Å²) in [5.74, 6) is -0.240. The summed E-state index contributed by atoms with van der Waals surface area (Å²) in [5, 5.41) is 12.1.